The number of aliphatic hydroxyl groups is 1. The number of rotatable bonds is 6. The van der Waals surface area contributed by atoms with Gasteiger partial charge in [0.15, 0.2) is 0 Å². The number of hydrogen-bond donors (Lipinski definition) is 2. The summed E-state index contributed by atoms with van der Waals surface area (Å²) in [5.74, 6) is -0.929. The van der Waals surface area contributed by atoms with Gasteiger partial charge in [0.1, 0.15) is 5.75 Å². The van der Waals surface area contributed by atoms with Crippen molar-refractivity contribution in [1.29, 1.82) is 5.26 Å². The zero-order chi connectivity index (χ0) is 19.3. The first-order chi connectivity index (χ1) is 11.4. The van der Waals surface area contributed by atoms with Crippen LogP contribution in [0.15, 0.2) is 24.3 Å². The summed E-state index contributed by atoms with van der Waals surface area (Å²) in [6.07, 6.45) is -6.03. The van der Waals surface area contributed by atoms with Crippen molar-refractivity contribution in [2.24, 2.45) is 5.41 Å². The lowest BCUT2D eigenvalue weighted by molar-refractivity contribution is -0.274. The van der Waals surface area contributed by atoms with Gasteiger partial charge in [-0.1, -0.05) is 32.9 Å². The number of halogens is 3. The third-order valence-electron chi connectivity index (χ3n) is 3.50. The first kappa shape index (κ1) is 20.8. The maximum atomic E-state index is 12.3. The third-order valence-corrected chi connectivity index (χ3v) is 3.50. The molecule has 0 bridgehead atoms. The summed E-state index contributed by atoms with van der Waals surface area (Å²) in [7, 11) is 0. The largest absolute Gasteiger partial charge is 0.573 e. The lowest BCUT2D eigenvalue weighted by atomic mass is 9.87. The van der Waals surface area contributed by atoms with Gasteiger partial charge in [0.25, 0.3) is 0 Å². The van der Waals surface area contributed by atoms with Crippen molar-refractivity contribution < 1.29 is 27.8 Å². The molecule has 0 heterocycles. The van der Waals surface area contributed by atoms with E-state index in [2.05, 4.69) is 10.1 Å². The smallest absolute Gasteiger partial charge is 0.406 e. The van der Waals surface area contributed by atoms with E-state index in [4.69, 9.17) is 5.26 Å². The molecular weight excluding hydrogens is 337 g/mol. The van der Waals surface area contributed by atoms with E-state index in [-0.39, 0.29) is 12.8 Å². The van der Waals surface area contributed by atoms with Gasteiger partial charge < -0.3 is 15.2 Å². The van der Waals surface area contributed by atoms with Crippen LogP contribution in [0.3, 0.4) is 0 Å². The molecule has 0 radical (unpaired) electrons. The predicted octanol–water partition coefficient (Wildman–Crippen LogP) is 3.45. The number of carbonyl (C=O) groups excluding carboxylic acids is 1. The molecule has 2 N–H and O–H groups in total. The highest BCUT2D eigenvalue weighted by molar-refractivity contribution is 5.77. The molecule has 5 nitrogen and oxygen atoms in total. The molecule has 0 aliphatic carbocycles. The van der Waals surface area contributed by atoms with Crippen LogP contribution in [0.1, 0.15) is 45.2 Å². The van der Waals surface area contributed by atoms with Crippen LogP contribution >= 0.6 is 0 Å². The van der Waals surface area contributed by atoms with E-state index < -0.39 is 35.6 Å². The SMILES string of the molecule is CC(C)(C)[C@@H](O)CC(=O)N[C@@H](CC#N)c1cccc(OC(F)(F)F)c1. The molecule has 0 saturated heterocycles. The van der Waals surface area contributed by atoms with Crippen molar-refractivity contribution in [3.05, 3.63) is 29.8 Å². The van der Waals surface area contributed by atoms with Gasteiger partial charge in [-0.05, 0) is 23.1 Å². The summed E-state index contributed by atoms with van der Waals surface area (Å²) in [6.45, 7) is 5.32. The minimum atomic E-state index is -4.83. The molecule has 1 aromatic rings. The Bertz CT molecular complexity index is 633. The molecule has 0 unspecified atom stereocenters. The summed E-state index contributed by atoms with van der Waals surface area (Å²) in [6, 6.07) is 6.17. The van der Waals surface area contributed by atoms with E-state index in [0.717, 1.165) is 12.1 Å². The number of ether oxygens (including phenoxy) is 1. The first-order valence-corrected chi connectivity index (χ1v) is 7.62. The van der Waals surface area contributed by atoms with E-state index in [1.54, 1.807) is 20.8 Å². The van der Waals surface area contributed by atoms with Crippen molar-refractivity contribution in [1.82, 2.24) is 5.32 Å². The van der Waals surface area contributed by atoms with Crippen molar-refractivity contribution in [3.8, 4) is 11.8 Å². The second-order valence-electron chi connectivity index (χ2n) is 6.69. The number of benzene rings is 1. The number of carbonyl (C=O) groups is 1. The Balaban J connectivity index is 2.88. The van der Waals surface area contributed by atoms with Crippen LogP contribution in [-0.4, -0.2) is 23.5 Å². The van der Waals surface area contributed by atoms with Crippen LogP contribution in [0.5, 0.6) is 5.75 Å². The molecule has 8 heteroatoms. The fourth-order valence-corrected chi connectivity index (χ4v) is 2.01. The molecule has 138 valence electrons. The minimum Gasteiger partial charge on any atom is -0.406 e. The Morgan fingerprint density at radius 1 is 1.36 bits per heavy atom. The van der Waals surface area contributed by atoms with Gasteiger partial charge >= 0.3 is 6.36 Å². The van der Waals surface area contributed by atoms with Crippen molar-refractivity contribution in [2.45, 2.75) is 52.1 Å². The quantitative estimate of drug-likeness (QED) is 0.816. The molecule has 0 aliphatic rings. The number of nitrogens with one attached hydrogen (secondary N) is 1. The van der Waals surface area contributed by atoms with Crippen LogP contribution in [0, 0.1) is 16.7 Å². The first-order valence-electron chi connectivity index (χ1n) is 7.62. The van der Waals surface area contributed by atoms with Crippen LogP contribution in [0.25, 0.3) is 0 Å². The van der Waals surface area contributed by atoms with Gasteiger partial charge in [-0.15, -0.1) is 13.2 Å². The second kappa shape index (κ2) is 8.21. The molecule has 0 aliphatic heterocycles. The van der Waals surface area contributed by atoms with E-state index >= 15 is 0 Å². The zero-order valence-corrected chi connectivity index (χ0v) is 14.2. The number of amides is 1. The molecule has 0 aromatic heterocycles. The lowest BCUT2D eigenvalue weighted by Crippen LogP contribution is -2.35. The number of hydrogen-bond acceptors (Lipinski definition) is 4. The lowest BCUT2D eigenvalue weighted by Gasteiger charge is -2.26. The molecule has 1 rings (SSSR count). The molecular formula is C17H21F3N2O3. The topological polar surface area (TPSA) is 82.4 Å². The zero-order valence-electron chi connectivity index (χ0n) is 14.2. The van der Waals surface area contributed by atoms with Gasteiger partial charge in [-0.25, -0.2) is 0 Å². The Morgan fingerprint density at radius 2 is 2.00 bits per heavy atom. The molecule has 2 atom stereocenters. The van der Waals surface area contributed by atoms with Gasteiger partial charge in [0, 0.05) is 0 Å². The fraction of sp³-hybridized carbons (Fsp3) is 0.529. The van der Waals surface area contributed by atoms with Gasteiger partial charge in [-0.2, -0.15) is 5.26 Å². The highest BCUT2D eigenvalue weighted by Gasteiger charge is 2.31. The molecule has 1 aromatic carbocycles. The number of alkyl halides is 3. The monoisotopic (exact) mass is 358 g/mol. The number of nitrogens with zero attached hydrogens (tertiary/aromatic N) is 1. The summed E-state index contributed by atoms with van der Waals surface area (Å²) in [5, 5.41) is 21.5. The molecule has 1 amide bonds. The maximum Gasteiger partial charge on any atom is 0.573 e. The highest BCUT2D eigenvalue weighted by atomic mass is 19.4. The number of aliphatic hydroxyl groups excluding tert-OH is 1. The Labute approximate surface area is 144 Å². The van der Waals surface area contributed by atoms with Gasteiger partial charge in [-0.3, -0.25) is 4.79 Å². The molecule has 0 saturated carbocycles. The summed E-state index contributed by atoms with van der Waals surface area (Å²) in [5.41, 5.74) is -0.190. The van der Waals surface area contributed by atoms with Crippen LogP contribution < -0.4 is 10.1 Å². The van der Waals surface area contributed by atoms with Crippen molar-refractivity contribution >= 4 is 5.91 Å². The highest BCUT2D eigenvalue weighted by Crippen LogP contribution is 2.27. The average Bonchev–Trinajstić information content (AvgIpc) is 2.44. The maximum absolute atomic E-state index is 12.3. The van der Waals surface area contributed by atoms with Crippen LogP contribution in [0.4, 0.5) is 13.2 Å². The minimum absolute atomic E-state index is 0.132. The molecule has 0 fully saturated rings. The molecule has 0 spiro atoms. The summed E-state index contributed by atoms with van der Waals surface area (Å²) >= 11 is 0. The van der Waals surface area contributed by atoms with Crippen molar-refractivity contribution in [2.75, 3.05) is 0 Å². The second-order valence-corrected chi connectivity index (χ2v) is 6.69. The van der Waals surface area contributed by atoms with E-state index in [9.17, 15) is 23.1 Å². The summed E-state index contributed by atoms with van der Waals surface area (Å²) < 4.78 is 40.8. The van der Waals surface area contributed by atoms with Crippen LogP contribution in [-0.2, 0) is 4.79 Å². The van der Waals surface area contributed by atoms with E-state index in [1.807, 2.05) is 6.07 Å². The van der Waals surface area contributed by atoms with E-state index in [1.165, 1.54) is 12.1 Å². The summed E-state index contributed by atoms with van der Waals surface area (Å²) in [4.78, 5) is 12.1. The van der Waals surface area contributed by atoms with Gasteiger partial charge in [0.2, 0.25) is 5.91 Å². The van der Waals surface area contributed by atoms with Crippen LogP contribution in [0.2, 0.25) is 0 Å². The average molecular weight is 358 g/mol. The number of nitriles is 1. The normalized spacial score (nSPS) is 14.3. The Hall–Kier alpha value is -2.27. The predicted molar refractivity (Wildman–Crippen MR) is 84.3 cm³/mol. The Morgan fingerprint density at radius 3 is 2.52 bits per heavy atom. The van der Waals surface area contributed by atoms with Gasteiger partial charge in [0.05, 0.1) is 31.1 Å². The standard InChI is InChI=1S/C17H21F3N2O3/c1-16(2,3)14(23)10-15(24)22-13(7-8-21)11-5-4-6-12(9-11)25-17(18,19)20/h4-6,9,13-14,23H,7,10H2,1-3H3,(H,22,24)/t13-,14-/m0/s1. The van der Waals surface area contributed by atoms with E-state index in [0.29, 0.717) is 5.56 Å². The third kappa shape index (κ3) is 7.44. The molecule has 25 heavy (non-hydrogen) atoms. The fourth-order valence-electron chi connectivity index (χ4n) is 2.01. The van der Waals surface area contributed by atoms with Crippen molar-refractivity contribution in [3.63, 3.8) is 0 Å². The Kier molecular flexibility index (Phi) is 6.82.